The Balaban J connectivity index is 2.30. The van der Waals surface area contributed by atoms with Crippen LogP contribution in [0.5, 0.6) is 0 Å². The summed E-state index contributed by atoms with van der Waals surface area (Å²) < 4.78 is 0. The van der Waals surface area contributed by atoms with Gasteiger partial charge in [-0.2, -0.15) is 0 Å². The van der Waals surface area contributed by atoms with Gasteiger partial charge in [-0.05, 0) is 25.3 Å². The number of hydrogen-bond acceptors (Lipinski definition) is 4. The van der Waals surface area contributed by atoms with E-state index in [2.05, 4.69) is 5.32 Å². The number of carbonyl (C=O) groups is 2. The van der Waals surface area contributed by atoms with E-state index in [1.165, 1.54) is 11.8 Å². The molecular weight excluding hydrogens is 252 g/mol. The lowest BCUT2D eigenvalue weighted by Gasteiger charge is -2.37. The van der Waals surface area contributed by atoms with Gasteiger partial charge in [0.1, 0.15) is 0 Å². The van der Waals surface area contributed by atoms with Crippen molar-refractivity contribution in [3.05, 3.63) is 29.8 Å². The molecule has 1 aromatic rings. The zero-order valence-corrected chi connectivity index (χ0v) is 10.9. The lowest BCUT2D eigenvalue weighted by Crippen LogP contribution is -2.66. The Morgan fingerprint density at radius 1 is 1.28 bits per heavy atom. The molecule has 96 valence electrons. The number of imide groups is 1. The molecule has 0 aliphatic carbocycles. The molecule has 4 amide bonds. The minimum atomic E-state index is -0.540. The van der Waals surface area contributed by atoms with E-state index >= 15 is 0 Å². The third-order valence-electron chi connectivity index (χ3n) is 2.63. The van der Waals surface area contributed by atoms with Crippen molar-refractivity contribution in [2.45, 2.75) is 12.4 Å². The molecule has 3 N–H and O–H groups in total. The maximum atomic E-state index is 12.0. The van der Waals surface area contributed by atoms with Gasteiger partial charge in [0.2, 0.25) is 0 Å². The molecule has 1 heterocycles. The second-order valence-corrected chi connectivity index (χ2v) is 4.82. The number of benzene rings is 1. The summed E-state index contributed by atoms with van der Waals surface area (Å²) in [5, 5.41) is 3.65. The first-order chi connectivity index (χ1) is 8.54. The molecular formula is C11H14N4O2S. The van der Waals surface area contributed by atoms with Crippen molar-refractivity contribution < 1.29 is 9.59 Å². The van der Waals surface area contributed by atoms with Gasteiger partial charge in [0, 0.05) is 0 Å². The fraction of sp³-hybridized carbons (Fsp3) is 0.273. The second-order valence-electron chi connectivity index (χ2n) is 3.90. The topological polar surface area (TPSA) is 78.7 Å². The monoisotopic (exact) mass is 266 g/mol. The molecule has 1 saturated heterocycles. The van der Waals surface area contributed by atoms with Crippen LogP contribution in [0.3, 0.4) is 0 Å². The number of urea groups is 2. The number of aryl methyl sites for hydroxylation is 1. The molecule has 1 aliphatic heterocycles. The van der Waals surface area contributed by atoms with Gasteiger partial charge in [0.05, 0.1) is 5.69 Å². The van der Waals surface area contributed by atoms with Crippen LogP contribution in [0.1, 0.15) is 5.56 Å². The van der Waals surface area contributed by atoms with Gasteiger partial charge < -0.3 is 5.32 Å². The third kappa shape index (κ3) is 2.14. The summed E-state index contributed by atoms with van der Waals surface area (Å²) in [5.74, 6) is 5.66. The van der Waals surface area contributed by atoms with E-state index in [0.717, 1.165) is 15.5 Å². The summed E-state index contributed by atoms with van der Waals surface area (Å²) in [6, 6.07) is 6.07. The zero-order chi connectivity index (χ0) is 13.3. The van der Waals surface area contributed by atoms with Gasteiger partial charge >= 0.3 is 12.1 Å². The van der Waals surface area contributed by atoms with Gasteiger partial charge in [-0.15, -0.1) is 11.8 Å². The minimum absolute atomic E-state index is 0.468. The maximum Gasteiger partial charge on any atom is 0.349 e. The molecule has 2 rings (SSSR count). The molecule has 18 heavy (non-hydrogen) atoms. The van der Waals surface area contributed by atoms with E-state index in [1.54, 1.807) is 18.4 Å². The number of rotatable bonds is 2. The smallest absolute Gasteiger partial charge is 0.307 e. The van der Waals surface area contributed by atoms with E-state index in [-0.39, 0.29) is 0 Å². The molecule has 1 unspecified atom stereocenters. The highest BCUT2D eigenvalue weighted by Gasteiger charge is 2.37. The van der Waals surface area contributed by atoms with Gasteiger partial charge in [-0.25, -0.2) is 25.3 Å². The van der Waals surface area contributed by atoms with E-state index in [9.17, 15) is 9.59 Å². The highest BCUT2D eigenvalue weighted by atomic mass is 32.2. The molecule has 6 nitrogen and oxygen atoms in total. The first-order valence-corrected chi connectivity index (χ1v) is 6.61. The van der Waals surface area contributed by atoms with Crippen LogP contribution in [0.4, 0.5) is 15.3 Å². The summed E-state index contributed by atoms with van der Waals surface area (Å²) in [4.78, 5) is 25.0. The van der Waals surface area contributed by atoms with Crippen molar-refractivity contribution in [2.24, 2.45) is 5.84 Å². The summed E-state index contributed by atoms with van der Waals surface area (Å²) in [6.45, 7) is 1.93. The molecule has 0 spiro atoms. The van der Waals surface area contributed by atoms with Crippen LogP contribution >= 0.6 is 11.8 Å². The molecule has 1 aliphatic rings. The highest BCUT2D eigenvalue weighted by molar-refractivity contribution is 7.99. The Morgan fingerprint density at radius 3 is 2.44 bits per heavy atom. The van der Waals surface area contributed by atoms with Gasteiger partial charge in [-0.1, -0.05) is 17.7 Å². The van der Waals surface area contributed by atoms with E-state index < -0.39 is 17.6 Å². The summed E-state index contributed by atoms with van der Waals surface area (Å²) in [6.07, 6.45) is 1.76. The van der Waals surface area contributed by atoms with Crippen LogP contribution in [-0.4, -0.2) is 28.8 Å². The first-order valence-electron chi connectivity index (χ1n) is 5.32. The lowest BCUT2D eigenvalue weighted by molar-refractivity contribution is 0.179. The molecule has 0 aromatic heterocycles. The van der Waals surface area contributed by atoms with Crippen LogP contribution in [0.2, 0.25) is 0 Å². The van der Waals surface area contributed by atoms with E-state index in [4.69, 9.17) is 5.84 Å². The zero-order valence-electron chi connectivity index (χ0n) is 10.1. The summed E-state index contributed by atoms with van der Waals surface area (Å²) in [5.41, 5.74) is 1.01. The normalized spacial score (nSPS) is 20.1. The predicted octanol–water partition coefficient (Wildman–Crippen LogP) is 1.47. The van der Waals surface area contributed by atoms with Crippen LogP contribution in [-0.2, 0) is 0 Å². The SMILES string of the molecule is CSC1NC(=O)N(c2ccc(C)cc2)C(=O)N1N. The molecule has 1 aromatic carbocycles. The Morgan fingerprint density at radius 2 is 1.89 bits per heavy atom. The van der Waals surface area contributed by atoms with Crippen LogP contribution < -0.4 is 16.1 Å². The second kappa shape index (κ2) is 4.87. The maximum absolute atomic E-state index is 12.0. The summed E-state index contributed by atoms with van der Waals surface area (Å²) in [7, 11) is 0. The van der Waals surface area contributed by atoms with Crippen LogP contribution in [0, 0.1) is 6.92 Å². The molecule has 1 fully saturated rings. The number of hydrazine groups is 1. The average Bonchev–Trinajstić information content (AvgIpc) is 2.36. The van der Waals surface area contributed by atoms with Crippen molar-refractivity contribution in [2.75, 3.05) is 11.2 Å². The van der Waals surface area contributed by atoms with Crippen molar-refractivity contribution >= 4 is 29.5 Å². The lowest BCUT2D eigenvalue weighted by atomic mass is 10.2. The average molecular weight is 266 g/mol. The number of nitrogens with two attached hydrogens (primary N) is 1. The number of nitrogens with one attached hydrogen (secondary N) is 1. The van der Waals surface area contributed by atoms with Crippen molar-refractivity contribution in [3.63, 3.8) is 0 Å². The predicted molar refractivity (Wildman–Crippen MR) is 70.9 cm³/mol. The molecule has 0 saturated carbocycles. The Hall–Kier alpha value is -1.73. The largest absolute Gasteiger partial charge is 0.349 e. The van der Waals surface area contributed by atoms with Gasteiger partial charge in [0.15, 0.2) is 5.50 Å². The Bertz CT molecular complexity index is 476. The van der Waals surface area contributed by atoms with E-state index in [0.29, 0.717) is 5.69 Å². The van der Waals surface area contributed by atoms with Crippen LogP contribution in [0.15, 0.2) is 24.3 Å². The molecule has 0 bridgehead atoms. The molecule has 0 radical (unpaired) electrons. The van der Waals surface area contributed by atoms with Crippen LogP contribution in [0.25, 0.3) is 0 Å². The van der Waals surface area contributed by atoms with Crippen molar-refractivity contribution in [3.8, 4) is 0 Å². The standard InChI is InChI=1S/C11H14N4O2S/c1-7-3-5-8(6-4-7)14-9(16)13-10(18-2)15(12)11(14)17/h3-6,10H,12H2,1-2H3,(H,13,16). The fourth-order valence-electron chi connectivity index (χ4n) is 1.64. The number of thioether (sulfide) groups is 1. The first kappa shape index (κ1) is 12.7. The fourth-order valence-corrected chi connectivity index (χ4v) is 2.17. The number of nitrogens with zero attached hydrogens (tertiary/aromatic N) is 2. The quantitative estimate of drug-likeness (QED) is 0.627. The van der Waals surface area contributed by atoms with Crippen molar-refractivity contribution in [1.29, 1.82) is 0 Å². The van der Waals surface area contributed by atoms with E-state index in [1.807, 2.05) is 19.1 Å². The third-order valence-corrected chi connectivity index (χ3v) is 3.42. The van der Waals surface area contributed by atoms with Gasteiger partial charge in [0.25, 0.3) is 0 Å². The number of anilines is 1. The van der Waals surface area contributed by atoms with Crippen molar-refractivity contribution in [1.82, 2.24) is 10.3 Å². The number of amides is 4. The minimum Gasteiger partial charge on any atom is -0.307 e. The number of hydrogen-bond donors (Lipinski definition) is 2. The van der Waals surface area contributed by atoms with Gasteiger partial charge in [-0.3, -0.25) is 0 Å². The Labute approximate surface area is 109 Å². The number of carbonyl (C=O) groups excluding carboxylic acids is 2. The summed E-state index contributed by atoms with van der Waals surface area (Å²) >= 11 is 1.28. The molecule has 1 atom stereocenters. The Kier molecular flexibility index (Phi) is 3.44. The molecule has 7 heteroatoms. The highest BCUT2D eigenvalue weighted by Crippen LogP contribution is 2.22.